The van der Waals surface area contributed by atoms with Gasteiger partial charge in [-0.15, -0.1) is 0 Å². The van der Waals surface area contributed by atoms with Crippen LogP contribution in [0.4, 0.5) is 0 Å². The normalized spacial score (nSPS) is 20.4. The molecule has 0 bridgehead atoms. The quantitative estimate of drug-likeness (QED) is 0.905. The molecule has 1 aliphatic heterocycles. The summed E-state index contributed by atoms with van der Waals surface area (Å²) >= 11 is 6.10. The Balaban J connectivity index is 1.94. The maximum atomic E-state index is 13.1. The standard InChI is InChI=1S/C17H21ClN2O3S/c1-17(2,14-9-19-15-5-4-11(18)8-13(14)15)16(21)20(3)12-6-7-24(22,23)10-12/h4-5,8-9,12,19H,6-7,10H2,1-3H3. The molecule has 1 unspecified atom stereocenters. The number of carbonyl (C=O) groups is 1. The molecular weight excluding hydrogens is 348 g/mol. The number of rotatable bonds is 3. The van der Waals surface area contributed by atoms with E-state index in [4.69, 9.17) is 11.6 Å². The van der Waals surface area contributed by atoms with Gasteiger partial charge in [0, 0.05) is 35.2 Å². The van der Waals surface area contributed by atoms with Crippen molar-refractivity contribution in [3.63, 3.8) is 0 Å². The van der Waals surface area contributed by atoms with Gasteiger partial charge in [-0.2, -0.15) is 0 Å². The zero-order valence-corrected chi connectivity index (χ0v) is 15.5. The van der Waals surface area contributed by atoms with E-state index >= 15 is 0 Å². The molecule has 0 spiro atoms. The lowest BCUT2D eigenvalue weighted by Gasteiger charge is -2.32. The zero-order chi connectivity index (χ0) is 17.7. The van der Waals surface area contributed by atoms with Crippen LogP contribution in [0.25, 0.3) is 10.9 Å². The number of aromatic nitrogens is 1. The van der Waals surface area contributed by atoms with Crippen LogP contribution in [0.5, 0.6) is 0 Å². The SMILES string of the molecule is CN(C(=O)C(C)(C)c1c[nH]c2ccc(Cl)cc12)C1CCS(=O)(=O)C1. The Morgan fingerprint density at radius 2 is 2.08 bits per heavy atom. The molecular formula is C17H21ClN2O3S. The van der Waals surface area contributed by atoms with Crippen LogP contribution in [0.15, 0.2) is 24.4 Å². The molecule has 24 heavy (non-hydrogen) atoms. The molecule has 2 aromatic rings. The maximum absolute atomic E-state index is 13.1. The van der Waals surface area contributed by atoms with Crippen molar-refractivity contribution >= 4 is 38.2 Å². The number of nitrogens with zero attached hydrogens (tertiary/aromatic N) is 1. The number of amides is 1. The zero-order valence-electron chi connectivity index (χ0n) is 14.0. The molecule has 1 aliphatic rings. The van der Waals surface area contributed by atoms with Crippen molar-refractivity contribution in [2.24, 2.45) is 0 Å². The molecule has 0 aliphatic carbocycles. The largest absolute Gasteiger partial charge is 0.361 e. The van der Waals surface area contributed by atoms with Gasteiger partial charge in [0.15, 0.2) is 9.84 Å². The Bertz CT molecular complexity index is 902. The number of likely N-dealkylation sites (N-methyl/N-ethyl adjacent to an activating group) is 1. The van der Waals surface area contributed by atoms with E-state index in [0.717, 1.165) is 16.5 Å². The Kier molecular flexibility index (Phi) is 4.16. The van der Waals surface area contributed by atoms with E-state index in [9.17, 15) is 13.2 Å². The molecule has 1 aromatic heterocycles. The van der Waals surface area contributed by atoms with Crippen molar-refractivity contribution in [1.82, 2.24) is 9.88 Å². The van der Waals surface area contributed by atoms with Crippen LogP contribution in [0, 0.1) is 0 Å². The molecule has 1 amide bonds. The Labute approximate surface area is 146 Å². The van der Waals surface area contributed by atoms with Gasteiger partial charge in [0.25, 0.3) is 0 Å². The number of H-pyrrole nitrogens is 1. The van der Waals surface area contributed by atoms with Gasteiger partial charge in [-0.25, -0.2) is 8.42 Å². The summed E-state index contributed by atoms with van der Waals surface area (Å²) in [6.45, 7) is 3.72. The highest BCUT2D eigenvalue weighted by molar-refractivity contribution is 7.91. The Morgan fingerprint density at radius 1 is 1.38 bits per heavy atom. The number of sulfone groups is 1. The first-order chi connectivity index (χ1) is 11.1. The highest BCUT2D eigenvalue weighted by Gasteiger charge is 2.40. The second-order valence-corrected chi connectivity index (χ2v) is 9.66. The second-order valence-electron chi connectivity index (χ2n) is 6.99. The molecule has 0 radical (unpaired) electrons. The maximum Gasteiger partial charge on any atom is 0.232 e. The number of benzene rings is 1. The summed E-state index contributed by atoms with van der Waals surface area (Å²) in [5.74, 6) is 0.106. The van der Waals surface area contributed by atoms with Crippen LogP contribution in [-0.2, 0) is 20.0 Å². The summed E-state index contributed by atoms with van der Waals surface area (Å²) in [7, 11) is -1.34. The fourth-order valence-electron chi connectivity index (χ4n) is 3.41. The van der Waals surface area contributed by atoms with E-state index in [-0.39, 0.29) is 23.5 Å². The van der Waals surface area contributed by atoms with E-state index in [2.05, 4.69) is 4.98 Å². The number of fused-ring (bicyclic) bond motifs is 1. The highest BCUT2D eigenvalue weighted by Crippen LogP contribution is 2.34. The number of hydrogen-bond donors (Lipinski definition) is 1. The fraction of sp³-hybridized carbons (Fsp3) is 0.471. The van der Waals surface area contributed by atoms with E-state index in [0.29, 0.717) is 11.4 Å². The van der Waals surface area contributed by atoms with Gasteiger partial charge in [-0.3, -0.25) is 4.79 Å². The minimum atomic E-state index is -3.03. The number of carbonyl (C=O) groups excluding carboxylic acids is 1. The van der Waals surface area contributed by atoms with Crippen LogP contribution in [-0.4, -0.2) is 48.8 Å². The number of halogens is 1. The molecule has 1 atom stereocenters. The van der Waals surface area contributed by atoms with Gasteiger partial charge in [0.1, 0.15) is 0 Å². The van der Waals surface area contributed by atoms with Crippen LogP contribution in [0.3, 0.4) is 0 Å². The summed E-state index contributed by atoms with van der Waals surface area (Å²) in [5.41, 5.74) is 0.989. The molecule has 0 saturated carbocycles. The third kappa shape index (κ3) is 2.93. The van der Waals surface area contributed by atoms with Crippen molar-refractivity contribution in [2.45, 2.75) is 31.7 Å². The minimum absolute atomic E-state index is 0.0467. The molecule has 2 heterocycles. The monoisotopic (exact) mass is 368 g/mol. The van der Waals surface area contributed by atoms with E-state index in [1.807, 2.05) is 32.2 Å². The molecule has 1 fully saturated rings. The van der Waals surface area contributed by atoms with Crippen LogP contribution >= 0.6 is 11.6 Å². The second kappa shape index (κ2) is 5.77. The first-order valence-corrected chi connectivity index (χ1v) is 10.1. The van der Waals surface area contributed by atoms with E-state index in [1.165, 1.54) is 0 Å². The van der Waals surface area contributed by atoms with Crippen molar-refractivity contribution in [1.29, 1.82) is 0 Å². The summed E-state index contributed by atoms with van der Waals surface area (Å²) in [4.78, 5) is 17.8. The predicted molar refractivity (Wildman–Crippen MR) is 96.2 cm³/mol. The van der Waals surface area contributed by atoms with Crippen LogP contribution < -0.4 is 0 Å². The third-order valence-corrected chi connectivity index (χ3v) is 6.91. The fourth-order valence-corrected chi connectivity index (χ4v) is 5.36. The van der Waals surface area contributed by atoms with Gasteiger partial charge in [0.05, 0.1) is 16.9 Å². The van der Waals surface area contributed by atoms with Crippen molar-refractivity contribution in [3.8, 4) is 0 Å². The Morgan fingerprint density at radius 3 is 2.71 bits per heavy atom. The average molecular weight is 369 g/mol. The molecule has 5 nitrogen and oxygen atoms in total. The average Bonchev–Trinajstić information content (AvgIpc) is 3.08. The van der Waals surface area contributed by atoms with Gasteiger partial charge >= 0.3 is 0 Å². The van der Waals surface area contributed by atoms with Gasteiger partial charge in [0.2, 0.25) is 5.91 Å². The number of hydrogen-bond acceptors (Lipinski definition) is 3. The van der Waals surface area contributed by atoms with Gasteiger partial charge < -0.3 is 9.88 Å². The van der Waals surface area contributed by atoms with Gasteiger partial charge in [-0.05, 0) is 44.0 Å². The summed E-state index contributed by atoms with van der Waals surface area (Å²) in [6.07, 6.45) is 2.33. The molecule has 3 rings (SSSR count). The summed E-state index contributed by atoms with van der Waals surface area (Å²) in [5, 5.41) is 1.52. The van der Waals surface area contributed by atoms with Crippen molar-refractivity contribution < 1.29 is 13.2 Å². The lowest BCUT2D eigenvalue weighted by molar-refractivity contribution is -0.136. The molecule has 1 aromatic carbocycles. The first kappa shape index (κ1) is 17.3. The smallest absolute Gasteiger partial charge is 0.232 e. The lowest BCUT2D eigenvalue weighted by Crippen LogP contribution is -2.46. The number of aromatic amines is 1. The third-order valence-electron chi connectivity index (χ3n) is 4.93. The molecule has 1 N–H and O–H groups in total. The molecule has 7 heteroatoms. The Hall–Kier alpha value is -1.53. The van der Waals surface area contributed by atoms with E-state index < -0.39 is 15.3 Å². The molecule has 1 saturated heterocycles. The lowest BCUT2D eigenvalue weighted by atomic mass is 9.82. The van der Waals surface area contributed by atoms with Crippen molar-refractivity contribution in [3.05, 3.63) is 35.0 Å². The minimum Gasteiger partial charge on any atom is -0.361 e. The van der Waals surface area contributed by atoms with E-state index in [1.54, 1.807) is 18.0 Å². The molecule has 130 valence electrons. The summed E-state index contributed by atoms with van der Waals surface area (Å²) < 4.78 is 23.4. The summed E-state index contributed by atoms with van der Waals surface area (Å²) in [6, 6.07) is 5.27. The van der Waals surface area contributed by atoms with Crippen LogP contribution in [0.2, 0.25) is 5.02 Å². The first-order valence-electron chi connectivity index (χ1n) is 7.86. The topological polar surface area (TPSA) is 70.2 Å². The van der Waals surface area contributed by atoms with Crippen molar-refractivity contribution in [2.75, 3.05) is 18.6 Å². The van der Waals surface area contributed by atoms with Gasteiger partial charge in [-0.1, -0.05) is 11.6 Å². The number of nitrogens with one attached hydrogen (secondary N) is 1. The van der Waals surface area contributed by atoms with Crippen LogP contribution in [0.1, 0.15) is 25.8 Å². The highest BCUT2D eigenvalue weighted by atomic mass is 35.5. The predicted octanol–water partition coefficient (Wildman–Crippen LogP) is 2.74.